The zero-order chi connectivity index (χ0) is 13.9. The molecule has 0 bridgehead atoms. The van der Waals surface area contributed by atoms with Gasteiger partial charge in [0.2, 0.25) is 0 Å². The molecular weight excluding hydrogens is 254 g/mol. The van der Waals surface area contributed by atoms with E-state index < -0.39 is 0 Å². The molecule has 0 spiro atoms. The van der Waals surface area contributed by atoms with E-state index in [-0.39, 0.29) is 6.10 Å². The third-order valence-electron chi connectivity index (χ3n) is 3.58. The lowest BCUT2D eigenvalue weighted by Gasteiger charge is -2.13. The van der Waals surface area contributed by atoms with Crippen LogP contribution < -0.4 is 10.6 Å². The summed E-state index contributed by atoms with van der Waals surface area (Å²) in [6.45, 7) is 3.53. The maximum absolute atomic E-state index is 9.95. The number of nitrogens with one attached hydrogen (secondary N) is 2. The average Bonchev–Trinajstić information content (AvgIpc) is 3.20. The molecule has 1 fully saturated rings. The number of imidazole rings is 1. The van der Waals surface area contributed by atoms with E-state index in [0.29, 0.717) is 12.5 Å². The summed E-state index contributed by atoms with van der Waals surface area (Å²) in [6, 6.07) is 0. The average molecular weight is 275 g/mol. The second-order valence-electron chi connectivity index (χ2n) is 5.35. The van der Waals surface area contributed by atoms with Gasteiger partial charge in [0.15, 0.2) is 11.5 Å². The van der Waals surface area contributed by atoms with Gasteiger partial charge in [0.1, 0.15) is 5.82 Å². The van der Waals surface area contributed by atoms with Crippen LogP contribution >= 0.6 is 0 Å². The summed E-state index contributed by atoms with van der Waals surface area (Å²) in [5.41, 5.74) is 0.787. The molecule has 1 aliphatic carbocycles. The predicted octanol–water partition coefficient (Wildman–Crippen LogP) is 1.73. The minimum atomic E-state index is -0.293. The molecule has 6 nitrogen and oxygen atoms in total. The van der Waals surface area contributed by atoms with Crippen molar-refractivity contribution in [2.75, 3.05) is 23.7 Å². The van der Waals surface area contributed by atoms with Gasteiger partial charge in [0, 0.05) is 25.5 Å². The van der Waals surface area contributed by atoms with E-state index in [0.717, 1.165) is 43.1 Å². The Labute approximate surface area is 118 Å². The van der Waals surface area contributed by atoms with Crippen LogP contribution in [0.2, 0.25) is 0 Å². The molecule has 1 saturated carbocycles. The zero-order valence-electron chi connectivity index (χ0n) is 11.7. The van der Waals surface area contributed by atoms with E-state index in [1.54, 1.807) is 6.20 Å². The number of anilines is 2. The van der Waals surface area contributed by atoms with E-state index in [1.807, 2.05) is 16.8 Å². The van der Waals surface area contributed by atoms with Gasteiger partial charge in [0.25, 0.3) is 0 Å². The van der Waals surface area contributed by atoms with Crippen molar-refractivity contribution < 1.29 is 5.11 Å². The summed E-state index contributed by atoms with van der Waals surface area (Å²) in [6.07, 6.45) is 8.60. The second-order valence-corrected chi connectivity index (χ2v) is 5.35. The van der Waals surface area contributed by atoms with Crippen molar-refractivity contribution in [1.29, 1.82) is 0 Å². The quantitative estimate of drug-likeness (QED) is 0.717. The number of hydrogen-bond acceptors (Lipinski definition) is 5. The van der Waals surface area contributed by atoms with Crippen LogP contribution in [0.3, 0.4) is 0 Å². The largest absolute Gasteiger partial charge is 0.391 e. The van der Waals surface area contributed by atoms with Crippen molar-refractivity contribution in [1.82, 2.24) is 14.4 Å². The summed E-state index contributed by atoms with van der Waals surface area (Å²) < 4.78 is 1.94. The van der Waals surface area contributed by atoms with Gasteiger partial charge in [0.05, 0.1) is 12.3 Å². The Kier molecular flexibility index (Phi) is 3.73. The fourth-order valence-corrected chi connectivity index (χ4v) is 2.24. The lowest BCUT2D eigenvalue weighted by Crippen LogP contribution is -2.22. The monoisotopic (exact) mass is 275 g/mol. The summed E-state index contributed by atoms with van der Waals surface area (Å²) in [5.74, 6) is 2.00. The van der Waals surface area contributed by atoms with Crippen LogP contribution in [0, 0.1) is 5.92 Å². The molecule has 3 rings (SSSR count). The molecule has 2 aromatic rings. The Hall–Kier alpha value is -1.82. The van der Waals surface area contributed by atoms with Crippen molar-refractivity contribution in [3.63, 3.8) is 0 Å². The second kappa shape index (κ2) is 5.66. The van der Waals surface area contributed by atoms with Crippen LogP contribution in [0.5, 0.6) is 0 Å². The minimum Gasteiger partial charge on any atom is -0.391 e. The fraction of sp³-hybridized carbons (Fsp3) is 0.571. The number of rotatable bonds is 7. The number of hydrogen-bond donors (Lipinski definition) is 3. The third-order valence-corrected chi connectivity index (χ3v) is 3.58. The molecule has 0 amide bonds. The summed E-state index contributed by atoms with van der Waals surface area (Å²) in [5, 5.41) is 16.5. The molecular formula is C14H21N5O. The smallest absolute Gasteiger partial charge is 0.180 e. The van der Waals surface area contributed by atoms with Gasteiger partial charge in [-0.3, -0.25) is 0 Å². The molecule has 108 valence electrons. The van der Waals surface area contributed by atoms with Crippen LogP contribution in [-0.4, -0.2) is 38.7 Å². The molecule has 0 aromatic carbocycles. The molecule has 2 aromatic heterocycles. The molecule has 0 radical (unpaired) electrons. The van der Waals surface area contributed by atoms with Crippen LogP contribution in [-0.2, 0) is 0 Å². The number of nitrogens with zero attached hydrogens (tertiary/aromatic N) is 3. The molecule has 0 aliphatic heterocycles. The number of aliphatic hydroxyl groups is 1. The van der Waals surface area contributed by atoms with Gasteiger partial charge in [-0.15, -0.1) is 0 Å². The Bertz CT molecular complexity index is 578. The SMILES string of the molecule is CCCNc1cn2ccnc2c(NCC(O)C2CC2)n1. The lowest BCUT2D eigenvalue weighted by atomic mass is 10.2. The Balaban J connectivity index is 1.77. The van der Waals surface area contributed by atoms with E-state index >= 15 is 0 Å². The summed E-state index contributed by atoms with van der Waals surface area (Å²) >= 11 is 0. The van der Waals surface area contributed by atoms with E-state index in [1.165, 1.54) is 0 Å². The topological polar surface area (TPSA) is 74.5 Å². The first-order valence-corrected chi connectivity index (χ1v) is 7.27. The molecule has 6 heteroatoms. The third kappa shape index (κ3) is 2.85. The van der Waals surface area contributed by atoms with E-state index in [4.69, 9.17) is 0 Å². The van der Waals surface area contributed by atoms with Crippen LogP contribution in [0.25, 0.3) is 5.65 Å². The van der Waals surface area contributed by atoms with Crippen LogP contribution in [0.4, 0.5) is 11.6 Å². The molecule has 1 aliphatic rings. The number of aromatic nitrogens is 3. The van der Waals surface area contributed by atoms with Crippen molar-refractivity contribution in [3.8, 4) is 0 Å². The summed E-state index contributed by atoms with van der Waals surface area (Å²) in [4.78, 5) is 8.85. The van der Waals surface area contributed by atoms with Crippen molar-refractivity contribution >= 4 is 17.3 Å². The standard InChI is InChI=1S/C14H21N5O/c1-2-5-15-12-9-19-7-6-16-14(19)13(18-12)17-8-11(20)10-3-4-10/h6-7,9-11,15,20H,2-5,8H2,1H3,(H,17,18). The first-order valence-electron chi connectivity index (χ1n) is 7.27. The zero-order valence-corrected chi connectivity index (χ0v) is 11.7. The van der Waals surface area contributed by atoms with E-state index in [2.05, 4.69) is 27.5 Å². The number of fused-ring (bicyclic) bond motifs is 1. The number of aliphatic hydroxyl groups excluding tert-OH is 1. The molecule has 2 heterocycles. The first-order chi connectivity index (χ1) is 9.78. The summed E-state index contributed by atoms with van der Waals surface area (Å²) in [7, 11) is 0. The van der Waals surface area contributed by atoms with Crippen molar-refractivity contribution in [3.05, 3.63) is 18.6 Å². The lowest BCUT2D eigenvalue weighted by molar-refractivity contribution is 0.164. The highest BCUT2D eigenvalue weighted by molar-refractivity contribution is 5.65. The Morgan fingerprint density at radius 3 is 3.05 bits per heavy atom. The maximum atomic E-state index is 9.95. The van der Waals surface area contributed by atoms with Gasteiger partial charge in [-0.25, -0.2) is 9.97 Å². The van der Waals surface area contributed by atoms with Crippen LogP contribution in [0.15, 0.2) is 18.6 Å². The fourth-order valence-electron chi connectivity index (χ4n) is 2.24. The molecule has 1 atom stereocenters. The van der Waals surface area contributed by atoms with Crippen molar-refractivity contribution in [2.45, 2.75) is 32.3 Å². The molecule has 0 saturated heterocycles. The first kappa shape index (κ1) is 13.2. The van der Waals surface area contributed by atoms with Gasteiger partial charge in [-0.2, -0.15) is 0 Å². The predicted molar refractivity (Wildman–Crippen MR) is 79.0 cm³/mol. The highest BCUT2D eigenvalue weighted by atomic mass is 16.3. The normalized spacial score (nSPS) is 16.3. The Morgan fingerprint density at radius 1 is 1.45 bits per heavy atom. The van der Waals surface area contributed by atoms with Gasteiger partial charge < -0.3 is 20.1 Å². The maximum Gasteiger partial charge on any atom is 0.180 e. The molecule has 20 heavy (non-hydrogen) atoms. The van der Waals surface area contributed by atoms with Crippen LogP contribution in [0.1, 0.15) is 26.2 Å². The Morgan fingerprint density at radius 2 is 2.30 bits per heavy atom. The molecule has 1 unspecified atom stereocenters. The van der Waals surface area contributed by atoms with E-state index in [9.17, 15) is 5.11 Å². The molecule has 3 N–H and O–H groups in total. The highest BCUT2D eigenvalue weighted by Gasteiger charge is 2.29. The van der Waals surface area contributed by atoms with Gasteiger partial charge in [-0.1, -0.05) is 6.92 Å². The van der Waals surface area contributed by atoms with Gasteiger partial charge >= 0.3 is 0 Å². The van der Waals surface area contributed by atoms with Crippen molar-refractivity contribution in [2.24, 2.45) is 5.92 Å². The van der Waals surface area contributed by atoms with Gasteiger partial charge in [-0.05, 0) is 25.2 Å². The highest BCUT2D eigenvalue weighted by Crippen LogP contribution is 2.32. The minimum absolute atomic E-state index is 0.293.